The van der Waals surface area contributed by atoms with E-state index < -0.39 is 0 Å². The second kappa shape index (κ2) is 9.71. The molecule has 3 heteroatoms. The lowest BCUT2D eigenvalue weighted by Gasteiger charge is -2.21. The number of hydrogen-bond donors (Lipinski definition) is 0. The van der Waals surface area contributed by atoms with E-state index in [0.717, 1.165) is 56.3 Å². The molecule has 2 aromatic heterocycles. The van der Waals surface area contributed by atoms with Crippen LogP contribution in [0.1, 0.15) is 11.4 Å². The smallest absolute Gasteiger partial charge is 0.144 e. The van der Waals surface area contributed by atoms with E-state index in [4.69, 9.17) is 4.98 Å². The van der Waals surface area contributed by atoms with Gasteiger partial charge in [-0.15, -0.1) is 0 Å². The topological polar surface area (TPSA) is 30.7 Å². The summed E-state index contributed by atoms with van der Waals surface area (Å²) in [6, 6.07) is 40.6. The Morgan fingerprint density at radius 2 is 0.973 bits per heavy atom. The lowest BCUT2D eigenvalue weighted by molar-refractivity contribution is 1.07. The van der Waals surface area contributed by atoms with E-state index in [2.05, 4.69) is 139 Å². The van der Waals surface area contributed by atoms with Crippen molar-refractivity contribution < 1.29 is 0 Å². The Balaban J connectivity index is 1.71. The number of hydrogen-bond acceptors (Lipinski definition) is 2. The van der Waals surface area contributed by atoms with E-state index in [9.17, 15) is 0 Å². The first-order valence-electron chi connectivity index (χ1n) is 12.5. The Bertz CT molecular complexity index is 1590. The minimum absolute atomic E-state index is 0.915. The van der Waals surface area contributed by atoms with Crippen molar-refractivity contribution in [2.24, 2.45) is 0 Å². The molecule has 0 radical (unpaired) electrons. The Kier molecular flexibility index (Phi) is 5.95. The average Bonchev–Trinajstić information content (AvgIpc) is 3.43. The summed E-state index contributed by atoms with van der Waals surface area (Å²) in [7, 11) is 0. The van der Waals surface area contributed by atoms with Gasteiger partial charge in [0.1, 0.15) is 5.82 Å². The Hall–Kier alpha value is -4.76. The minimum atomic E-state index is 0.915. The SMILES string of the molecule is Cc1cc(-c2cc(-c3ccccc3)c(-n3ccnc3-c3ccccc3)c(-c3ccccc3)c2)cc(C)n1. The third kappa shape index (κ3) is 4.48. The fourth-order valence-corrected chi connectivity index (χ4v) is 5.02. The molecule has 0 aliphatic rings. The van der Waals surface area contributed by atoms with E-state index in [1.165, 1.54) is 5.56 Å². The number of rotatable bonds is 5. The molecule has 0 spiro atoms. The standard InChI is InChI=1S/C34H27N3/c1-24-20-29(21-25(2)36-24)30-22-31(26-12-6-3-7-13-26)33(32(23-30)27-14-8-4-9-15-27)37-19-18-35-34(37)28-16-10-5-11-17-28/h3-23H,1-2H3. The summed E-state index contributed by atoms with van der Waals surface area (Å²) in [5.41, 5.74) is 11.2. The summed E-state index contributed by atoms with van der Waals surface area (Å²) in [5, 5.41) is 0. The fourth-order valence-electron chi connectivity index (χ4n) is 5.02. The van der Waals surface area contributed by atoms with Gasteiger partial charge < -0.3 is 0 Å². The van der Waals surface area contributed by atoms with Gasteiger partial charge in [-0.3, -0.25) is 9.55 Å². The summed E-state index contributed by atoms with van der Waals surface area (Å²) in [6.45, 7) is 4.11. The van der Waals surface area contributed by atoms with Crippen molar-refractivity contribution in [2.45, 2.75) is 13.8 Å². The van der Waals surface area contributed by atoms with Crippen molar-refractivity contribution in [2.75, 3.05) is 0 Å². The molecule has 6 aromatic rings. The first kappa shape index (κ1) is 22.7. The lowest BCUT2D eigenvalue weighted by atomic mass is 9.90. The zero-order valence-corrected chi connectivity index (χ0v) is 21.0. The van der Waals surface area contributed by atoms with Gasteiger partial charge in [0.15, 0.2) is 0 Å². The number of imidazole rings is 1. The highest BCUT2D eigenvalue weighted by molar-refractivity contribution is 5.91. The highest BCUT2D eigenvalue weighted by Gasteiger charge is 2.20. The van der Waals surface area contributed by atoms with Gasteiger partial charge in [0, 0.05) is 40.5 Å². The third-order valence-corrected chi connectivity index (χ3v) is 6.61. The van der Waals surface area contributed by atoms with Crippen LogP contribution in [0.2, 0.25) is 0 Å². The molecule has 0 amide bonds. The highest BCUT2D eigenvalue weighted by atomic mass is 15.1. The number of benzene rings is 4. The molecule has 0 atom stereocenters. The number of aryl methyl sites for hydroxylation is 2. The van der Waals surface area contributed by atoms with Gasteiger partial charge in [-0.05, 0) is 60.4 Å². The van der Waals surface area contributed by atoms with Crippen molar-refractivity contribution in [3.63, 3.8) is 0 Å². The zero-order valence-electron chi connectivity index (χ0n) is 21.0. The first-order valence-corrected chi connectivity index (χ1v) is 12.5. The van der Waals surface area contributed by atoms with Crippen LogP contribution in [0.15, 0.2) is 128 Å². The lowest BCUT2D eigenvalue weighted by Crippen LogP contribution is -2.03. The normalized spacial score (nSPS) is 11.0. The van der Waals surface area contributed by atoms with Crippen LogP contribution in [0.4, 0.5) is 0 Å². The van der Waals surface area contributed by atoms with Crippen LogP contribution < -0.4 is 0 Å². The summed E-state index contributed by atoms with van der Waals surface area (Å²) in [5.74, 6) is 0.915. The molecule has 0 N–H and O–H groups in total. The largest absolute Gasteiger partial charge is 0.299 e. The Labute approximate surface area is 217 Å². The van der Waals surface area contributed by atoms with Gasteiger partial charge in [-0.1, -0.05) is 91.0 Å². The highest BCUT2D eigenvalue weighted by Crippen LogP contribution is 2.41. The second-order valence-corrected chi connectivity index (χ2v) is 9.28. The van der Waals surface area contributed by atoms with Crippen LogP contribution in [0.3, 0.4) is 0 Å². The van der Waals surface area contributed by atoms with Crippen molar-refractivity contribution >= 4 is 0 Å². The molecule has 2 heterocycles. The van der Waals surface area contributed by atoms with E-state index in [-0.39, 0.29) is 0 Å². The van der Waals surface area contributed by atoms with Gasteiger partial charge in [-0.25, -0.2) is 4.98 Å². The average molecular weight is 478 g/mol. The molecular weight excluding hydrogens is 450 g/mol. The van der Waals surface area contributed by atoms with Crippen LogP contribution in [-0.4, -0.2) is 14.5 Å². The predicted molar refractivity (Wildman–Crippen MR) is 153 cm³/mol. The van der Waals surface area contributed by atoms with Gasteiger partial charge in [0.2, 0.25) is 0 Å². The van der Waals surface area contributed by atoms with Crippen LogP contribution in [0.25, 0.3) is 50.5 Å². The minimum Gasteiger partial charge on any atom is -0.299 e. The monoisotopic (exact) mass is 477 g/mol. The van der Waals surface area contributed by atoms with Gasteiger partial charge >= 0.3 is 0 Å². The van der Waals surface area contributed by atoms with Crippen LogP contribution in [0, 0.1) is 13.8 Å². The van der Waals surface area contributed by atoms with Crippen LogP contribution in [-0.2, 0) is 0 Å². The number of pyridine rings is 1. The molecular formula is C34H27N3. The van der Waals surface area contributed by atoms with Crippen LogP contribution in [0.5, 0.6) is 0 Å². The summed E-state index contributed by atoms with van der Waals surface area (Å²) in [4.78, 5) is 9.40. The molecule has 4 aromatic carbocycles. The molecule has 0 aliphatic carbocycles. The van der Waals surface area contributed by atoms with E-state index in [1.807, 2.05) is 12.3 Å². The van der Waals surface area contributed by atoms with Crippen LogP contribution >= 0.6 is 0 Å². The molecule has 3 nitrogen and oxygen atoms in total. The molecule has 0 bridgehead atoms. The van der Waals surface area contributed by atoms with Crippen molar-refractivity contribution in [1.29, 1.82) is 0 Å². The van der Waals surface area contributed by atoms with Gasteiger partial charge in [-0.2, -0.15) is 0 Å². The second-order valence-electron chi connectivity index (χ2n) is 9.28. The van der Waals surface area contributed by atoms with Crippen molar-refractivity contribution in [1.82, 2.24) is 14.5 Å². The maximum absolute atomic E-state index is 4.79. The number of aromatic nitrogens is 3. The maximum Gasteiger partial charge on any atom is 0.144 e. The molecule has 178 valence electrons. The predicted octanol–water partition coefficient (Wildman–Crippen LogP) is 8.55. The summed E-state index contributed by atoms with van der Waals surface area (Å²) < 4.78 is 2.23. The fraction of sp³-hybridized carbons (Fsp3) is 0.0588. The maximum atomic E-state index is 4.79. The Morgan fingerprint density at radius 1 is 0.514 bits per heavy atom. The summed E-state index contributed by atoms with van der Waals surface area (Å²) in [6.07, 6.45) is 3.95. The Morgan fingerprint density at radius 3 is 1.49 bits per heavy atom. The molecule has 0 saturated carbocycles. The molecule has 0 unspecified atom stereocenters. The van der Waals surface area contributed by atoms with Crippen molar-refractivity contribution in [3.05, 3.63) is 139 Å². The third-order valence-electron chi connectivity index (χ3n) is 6.61. The molecule has 0 fully saturated rings. The summed E-state index contributed by atoms with van der Waals surface area (Å²) >= 11 is 0. The quantitative estimate of drug-likeness (QED) is 0.249. The molecule has 0 aliphatic heterocycles. The van der Waals surface area contributed by atoms with Crippen molar-refractivity contribution in [3.8, 4) is 50.5 Å². The first-order chi connectivity index (χ1) is 18.2. The molecule has 37 heavy (non-hydrogen) atoms. The molecule has 0 saturated heterocycles. The van der Waals surface area contributed by atoms with E-state index in [1.54, 1.807) is 0 Å². The van der Waals surface area contributed by atoms with E-state index in [0.29, 0.717) is 0 Å². The van der Waals surface area contributed by atoms with Gasteiger partial charge in [0.25, 0.3) is 0 Å². The number of nitrogens with zero attached hydrogens (tertiary/aromatic N) is 3. The zero-order chi connectivity index (χ0) is 25.2. The van der Waals surface area contributed by atoms with E-state index >= 15 is 0 Å². The van der Waals surface area contributed by atoms with Gasteiger partial charge in [0.05, 0.1) is 5.69 Å². The molecule has 6 rings (SSSR count).